The highest BCUT2D eigenvalue weighted by Crippen LogP contribution is 2.32. The van der Waals surface area contributed by atoms with E-state index in [1.54, 1.807) is 6.92 Å². The van der Waals surface area contributed by atoms with Crippen molar-refractivity contribution in [2.24, 2.45) is 0 Å². The zero-order chi connectivity index (χ0) is 20.8. The molecule has 4 rings (SSSR count). The molecule has 0 fully saturated rings. The highest BCUT2D eigenvalue weighted by atomic mass is 32.2. The normalized spacial score (nSPS) is 10.8. The summed E-state index contributed by atoms with van der Waals surface area (Å²) in [4.78, 5) is 12.6. The van der Waals surface area contributed by atoms with Crippen molar-refractivity contribution in [3.05, 3.63) is 102 Å². The lowest BCUT2D eigenvalue weighted by atomic mass is 9.95. The zero-order valence-corrected chi connectivity index (χ0v) is 17.9. The molecule has 3 heteroatoms. The number of amides is 1. The van der Waals surface area contributed by atoms with Crippen LogP contribution in [0.3, 0.4) is 0 Å². The van der Waals surface area contributed by atoms with Gasteiger partial charge in [0.25, 0.3) is 0 Å². The molecule has 0 spiro atoms. The predicted molar refractivity (Wildman–Crippen MR) is 128 cm³/mol. The van der Waals surface area contributed by atoms with Gasteiger partial charge in [0.2, 0.25) is 5.91 Å². The zero-order valence-electron chi connectivity index (χ0n) is 17.1. The van der Waals surface area contributed by atoms with Crippen LogP contribution >= 0.6 is 11.8 Å². The first-order valence-corrected chi connectivity index (χ1v) is 11.2. The predicted octanol–water partition coefficient (Wildman–Crippen LogP) is 6.48. The molecule has 0 aliphatic heterocycles. The topological polar surface area (TPSA) is 29.1 Å². The molecular weight excluding hydrogens is 386 g/mol. The average molecular weight is 412 g/mol. The maximum atomic E-state index is 11.3. The molecule has 4 aromatic carbocycles. The van der Waals surface area contributed by atoms with E-state index in [2.05, 4.69) is 90.2 Å². The van der Waals surface area contributed by atoms with E-state index in [9.17, 15) is 4.79 Å². The van der Waals surface area contributed by atoms with Crippen LogP contribution in [-0.2, 0) is 17.0 Å². The number of hydrogen-bond acceptors (Lipinski definition) is 2. The Morgan fingerprint density at radius 2 is 1.57 bits per heavy atom. The van der Waals surface area contributed by atoms with Crippen molar-refractivity contribution in [2.45, 2.75) is 24.0 Å². The summed E-state index contributed by atoms with van der Waals surface area (Å²) in [6.07, 6.45) is 0.809. The maximum absolute atomic E-state index is 11.3. The van der Waals surface area contributed by atoms with Crippen LogP contribution in [-0.4, -0.2) is 12.5 Å². The number of rotatable bonds is 7. The van der Waals surface area contributed by atoms with Crippen LogP contribution < -0.4 is 5.32 Å². The SMILES string of the molecule is CC(=O)NCCc1cc(-c2ccccc2)cc2ccc(SCc3ccccc3)cc12. The van der Waals surface area contributed by atoms with Crippen LogP contribution in [0.1, 0.15) is 18.1 Å². The van der Waals surface area contributed by atoms with Crippen LogP contribution in [0.5, 0.6) is 0 Å². The van der Waals surface area contributed by atoms with Crippen LogP contribution in [0.4, 0.5) is 0 Å². The van der Waals surface area contributed by atoms with Crippen molar-refractivity contribution >= 4 is 28.4 Å². The monoisotopic (exact) mass is 411 g/mol. The van der Waals surface area contributed by atoms with Gasteiger partial charge < -0.3 is 5.32 Å². The smallest absolute Gasteiger partial charge is 0.216 e. The number of nitrogens with one attached hydrogen (secondary N) is 1. The van der Waals surface area contributed by atoms with E-state index in [1.165, 1.54) is 37.9 Å². The number of carbonyl (C=O) groups is 1. The van der Waals surface area contributed by atoms with Gasteiger partial charge in [-0.3, -0.25) is 4.79 Å². The van der Waals surface area contributed by atoms with Crippen molar-refractivity contribution in [1.29, 1.82) is 0 Å². The molecule has 4 aromatic rings. The number of thioether (sulfide) groups is 1. The van der Waals surface area contributed by atoms with Gasteiger partial charge in [-0.15, -0.1) is 11.8 Å². The molecule has 1 N–H and O–H groups in total. The molecule has 0 unspecified atom stereocenters. The third-order valence-corrected chi connectivity index (χ3v) is 6.20. The molecule has 150 valence electrons. The minimum atomic E-state index is 0.0117. The molecule has 2 nitrogen and oxygen atoms in total. The van der Waals surface area contributed by atoms with E-state index in [1.807, 2.05) is 17.8 Å². The van der Waals surface area contributed by atoms with E-state index in [4.69, 9.17) is 0 Å². The summed E-state index contributed by atoms with van der Waals surface area (Å²) in [5.74, 6) is 0.966. The van der Waals surface area contributed by atoms with Crippen molar-refractivity contribution in [1.82, 2.24) is 5.32 Å². The van der Waals surface area contributed by atoms with E-state index in [-0.39, 0.29) is 5.91 Å². The summed E-state index contributed by atoms with van der Waals surface area (Å²) in [7, 11) is 0. The molecule has 0 heterocycles. The quantitative estimate of drug-likeness (QED) is 0.353. The van der Waals surface area contributed by atoms with Crippen molar-refractivity contribution in [2.75, 3.05) is 6.54 Å². The van der Waals surface area contributed by atoms with Gasteiger partial charge in [0.1, 0.15) is 0 Å². The molecule has 0 atom stereocenters. The lowest BCUT2D eigenvalue weighted by Gasteiger charge is -2.13. The van der Waals surface area contributed by atoms with Gasteiger partial charge in [-0.2, -0.15) is 0 Å². The molecule has 0 radical (unpaired) electrons. The molecule has 0 bridgehead atoms. The second-order valence-corrected chi connectivity index (χ2v) is 8.44. The van der Waals surface area contributed by atoms with E-state index >= 15 is 0 Å². The Morgan fingerprint density at radius 1 is 0.833 bits per heavy atom. The van der Waals surface area contributed by atoms with Gasteiger partial charge in [-0.1, -0.05) is 72.8 Å². The Hall–Kier alpha value is -3.04. The van der Waals surface area contributed by atoms with Gasteiger partial charge in [0.05, 0.1) is 0 Å². The van der Waals surface area contributed by atoms with E-state index in [0.29, 0.717) is 6.54 Å². The first-order valence-electron chi connectivity index (χ1n) is 10.2. The summed E-state index contributed by atoms with van der Waals surface area (Å²) < 4.78 is 0. The summed E-state index contributed by atoms with van der Waals surface area (Å²) in [5.41, 5.74) is 5.02. The molecule has 0 saturated carbocycles. The van der Waals surface area contributed by atoms with Crippen molar-refractivity contribution in [3.63, 3.8) is 0 Å². The number of carbonyl (C=O) groups excluding carboxylic acids is 1. The summed E-state index contributed by atoms with van der Waals surface area (Å²) in [6.45, 7) is 2.21. The van der Waals surface area contributed by atoms with E-state index in [0.717, 1.165) is 12.2 Å². The fourth-order valence-corrected chi connectivity index (χ4v) is 4.51. The Labute approximate surface area is 182 Å². The van der Waals surface area contributed by atoms with Gasteiger partial charge >= 0.3 is 0 Å². The summed E-state index contributed by atoms with van der Waals surface area (Å²) in [5, 5.41) is 5.43. The van der Waals surface area contributed by atoms with Crippen LogP contribution in [0, 0.1) is 0 Å². The summed E-state index contributed by atoms with van der Waals surface area (Å²) in [6, 6.07) is 32.3. The second kappa shape index (κ2) is 9.64. The standard InChI is InChI=1S/C27H25NOS/c1-20(29)28-15-14-24-17-25(22-10-6-3-7-11-22)16-23-12-13-26(18-27(23)24)30-19-21-8-4-2-5-9-21/h2-13,16-18H,14-15,19H2,1H3,(H,28,29). The molecule has 0 aromatic heterocycles. The van der Waals surface area contributed by atoms with Crippen LogP contribution in [0.2, 0.25) is 0 Å². The van der Waals surface area contributed by atoms with Crippen LogP contribution in [0.15, 0.2) is 95.9 Å². The van der Waals surface area contributed by atoms with Gasteiger partial charge in [0, 0.05) is 24.1 Å². The van der Waals surface area contributed by atoms with Gasteiger partial charge in [-0.25, -0.2) is 0 Å². The lowest BCUT2D eigenvalue weighted by molar-refractivity contribution is -0.118. The fraction of sp³-hybridized carbons (Fsp3) is 0.148. The molecular formula is C27H25NOS. The molecule has 0 aliphatic rings. The van der Waals surface area contributed by atoms with Gasteiger partial charge in [-0.05, 0) is 57.6 Å². The highest BCUT2D eigenvalue weighted by Gasteiger charge is 2.08. The minimum Gasteiger partial charge on any atom is -0.356 e. The Balaban J connectivity index is 1.66. The Kier molecular flexibility index (Phi) is 6.50. The number of hydrogen-bond donors (Lipinski definition) is 1. The first-order chi connectivity index (χ1) is 14.7. The first kappa shape index (κ1) is 20.2. The number of fused-ring (bicyclic) bond motifs is 1. The van der Waals surface area contributed by atoms with Crippen molar-refractivity contribution in [3.8, 4) is 11.1 Å². The summed E-state index contributed by atoms with van der Waals surface area (Å²) >= 11 is 1.86. The fourth-order valence-electron chi connectivity index (χ4n) is 3.62. The Bertz CT molecular complexity index is 1140. The Morgan fingerprint density at radius 3 is 2.30 bits per heavy atom. The second-order valence-electron chi connectivity index (χ2n) is 7.39. The molecule has 30 heavy (non-hydrogen) atoms. The third kappa shape index (κ3) is 5.11. The average Bonchev–Trinajstić information content (AvgIpc) is 2.78. The minimum absolute atomic E-state index is 0.0117. The van der Waals surface area contributed by atoms with Crippen molar-refractivity contribution < 1.29 is 4.79 Å². The largest absolute Gasteiger partial charge is 0.356 e. The third-order valence-electron chi connectivity index (χ3n) is 5.14. The van der Waals surface area contributed by atoms with Gasteiger partial charge in [0.15, 0.2) is 0 Å². The number of benzene rings is 4. The molecule has 1 amide bonds. The van der Waals surface area contributed by atoms with Crippen LogP contribution in [0.25, 0.3) is 21.9 Å². The molecule has 0 saturated heterocycles. The highest BCUT2D eigenvalue weighted by molar-refractivity contribution is 7.98. The lowest BCUT2D eigenvalue weighted by Crippen LogP contribution is -2.22. The maximum Gasteiger partial charge on any atom is 0.216 e. The van der Waals surface area contributed by atoms with E-state index < -0.39 is 0 Å². The molecule has 0 aliphatic carbocycles.